The predicted molar refractivity (Wildman–Crippen MR) is 153 cm³/mol. The third kappa shape index (κ3) is 8.37. The molecule has 3 aromatic carbocycles. The number of hydrogen-bond acceptors (Lipinski definition) is 7. The molecule has 240 valence electrons. The third-order valence-electron chi connectivity index (χ3n) is 6.02. The number of anilines is 1. The molecule has 0 unspecified atom stereocenters. The second kappa shape index (κ2) is 12.9. The van der Waals surface area contributed by atoms with Gasteiger partial charge in [0, 0.05) is 36.0 Å². The van der Waals surface area contributed by atoms with Crippen molar-refractivity contribution >= 4 is 33.1 Å². The van der Waals surface area contributed by atoms with Crippen LogP contribution in [0.3, 0.4) is 0 Å². The number of phenolic OH excluding ortho intramolecular Hbond substituents is 2. The molecule has 0 aliphatic carbocycles. The van der Waals surface area contributed by atoms with E-state index in [0.29, 0.717) is 17.7 Å². The van der Waals surface area contributed by atoms with E-state index in [1.807, 2.05) is 5.32 Å². The lowest BCUT2D eigenvalue weighted by Crippen LogP contribution is -2.36. The maximum atomic E-state index is 13.2. The van der Waals surface area contributed by atoms with Gasteiger partial charge >= 0.3 is 18.4 Å². The molecule has 0 spiro atoms. The molecule has 1 aromatic heterocycles. The smallest absolute Gasteiger partial charge is 0.416 e. The lowest BCUT2D eigenvalue weighted by Gasteiger charge is -2.15. The number of ether oxygens (including phenoxy) is 1. The summed E-state index contributed by atoms with van der Waals surface area (Å²) in [5.41, 5.74) is -2.57. The van der Waals surface area contributed by atoms with Gasteiger partial charge in [-0.3, -0.25) is 0 Å². The molecular formula is C28H23F6N3O6S2. The summed E-state index contributed by atoms with van der Waals surface area (Å²) in [5, 5.41) is 24.9. The van der Waals surface area contributed by atoms with Gasteiger partial charge in [-0.15, -0.1) is 11.3 Å². The number of sulfonamides is 1. The van der Waals surface area contributed by atoms with Crippen molar-refractivity contribution in [2.45, 2.75) is 23.5 Å². The van der Waals surface area contributed by atoms with Gasteiger partial charge in [-0.1, -0.05) is 12.1 Å². The number of aromatic hydroxyl groups is 2. The van der Waals surface area contributed by atoms with E-state index in [9.17, 15) is 49.8 Å². The molecule has 0 atom stereocenters. The molecule has 9 nitrogen and oxygen atoms in total. The van der Waals surface area contributed by atoms with E-state index in [4.69, 9.17) is 4.74 Å². The van der Waals surface area contributed by atoms with Gasteiger partial charge in [-0.25, -0.2) is 17.9 Å². The number of nitrogens with one attached hydrogen (secondary N) is 3. The van der Waals surface area contributed by atoms with E-state index in [0.717, 1.165) is 16.9 Å². The molecule has 0 saturated carbocycles. The van der Waals surface area contributed by atoms with Gasteiger partial charge in [0.15, 0.2) is 11.5 Å². The number of phenols is 2. The lowest BCUT2D eigenvalue weighted by molar-refractivity contribution is -0.143. The van der Waals surface area contributed by atoms with Crippen molar-refractivity contribution in [3.8, 4) is 34.1 Å². The minimum atomic E-state index is -5.10. The molecule has 45 heavy (non-hydrogen) atoms. The Kier molecular flexibility index (Phi) is 9.55. The van der Waals surface area contributed by atoms with Gasteiger partial charge in [0.25, 0.3) is 10.0 Å². The Bertz CT molecular complexity index is 1790. The summed E-state index contributed by atoms with van der Waals surface area (Å²) >= 11 is 0.885. The van der Waals surface area contributed by atoms with Crippen LogP contribution < -0.4 is 20.1 Å². The molecule has 0 saturated heterocycles. The maximum Gasteiger partial charge on any atom is 0.416 e. The summed E-state index contributed by atoms with van der Waals surface area (Å²) in [5.74, 6) is -0.370. The number of thiophene rings is 1. The topological polar surface area (TPSA) is 137 Å². The first-order valence-electron chi connectivity index (χ1n) is 12.7. The first kappa shape index (κ1) is 33.4. The van der Waals surface area contributed by atoms with Gasteiger partial charge in [0.05, 0.1) is 11.1 Å². The van der Waals surface area contributed by atoms with Crippen LogP contribution in [0.1, 0.15) is 16.7 Å². The Hall–Kier alpha value is -4.48. The number of amides is 2. The first-order chi connectivity index (χ1) is 20.9. The highest BCUT2D eigenvalue weighted by molar-refractivity contribution is 7.91. The molecule has 4 aromatic rings. The second-order valence-electron chi connectivity index (χ2n) is 9.45. The van der Waals surface area contributed by atoms with E-state index >= 15 is 0 Å². The van der Waals surface area contributed by atoms with E-state index in [-0.39, 0.29) is 46.2 Å². The molecule has 0 radical (unpaired) electrons. The number of halogens is 6. The van der Waals surface area contributed by atoms with Gasteiger partial charge in [-0.2, -0.15) is 26.3 Å². The number of aryl methyl sites for hydroxylation is 1. The first-order valence-corrected chi connectivity index (χ1v) is 15.0. The predicted octanol–water partition coefficient (Wildman–Crippen LogP) is 7.06. The Morgan fingerprint density at radius 2 is 1.51 bits per heavy atom. The number of carbonyl (C=O) groups excluding carboxylic acids is 1. The highest BCUT2D eigenvalue weighted by Crippen LogP contribution is 2.41. The Balaban J connectivity index is 1.44. The summed E-state index contributed by atoms with van der Waals surface area (Å²) in [6, 6.07) is 9.77. The summed E-state index contributed by atoms with van der Waals surface area (Å²) in [4.78, 5) is 12.2. The quantitative estimate of drug-likeness (QED) is 0.0732. The number of benzene rings is 3. The van der Waals surface area contributed by atoms with Crippen LogP contribution in [0.5, 0.6) is 23.0 Å². The summed E-state index contributed by atoms with van der Waals surface area (Å²) in [6.07, 6.45) is -10.2. The average molecular weight is 676 g/mol. The number of urea groups is 1. The van der Waals surface area contributed by atoms with Crippen molar-refractivity contribution in [3.05, 3.63) is 82.7 Å². The zero-order valence-corrected chi connectivity index (χ0v) is 24.5. The van der Waals surface area contributed by atoms with Crippen LogP contribution in [-0.2, 0) is 22.4 Å². The standard InChI is InChI=1S/C28H23F6N3O6S2/c1-15-2-4-20(24(10-15)43-19-3-5-22(38)23(39)14-19)21-6-9-44-25(21)45(41,42)36-8-7-35-26(40)37-18-12-16(27(29,30)31)11-17(13-18)28(32,33)34/h2-6,9-14,36,38-39H,7-8H2,1H3,(H2,35,37,40). The third-order valence-corrected chi connectivity index (χ3v) is 8.97. The molecular weight excluding hydrogens is 652 g/mol. The Labute approximate surface area is 256 Å². The number of rotatable bonds is 9. The van der Waals surface area contributed by atoms with Crippen molar-refractivity contribution in [3.63, 3.8) is 0 Å². The largest absolute Gasteiger partial charge is 0.504 e. The summed E-state index contributed by atoms with van der Waals surface area (Å²) < 4.78 is 113. The zero-order valence-electron chi connectivity index (χ0n) is 22.9. The van der Waals surface area contributed by atoms with Crippen LogP contribution in [0.15, 0.2) is 70.3 Å². The van der Waals surface area contributed by atoms with Gasteiger partial charge in [-0.05, 0) is 60.3 Å². The van der Waals surface area contributed by atoms with E-state index in [1.54, 1.807) is 31.2 Å². The van der Waals surface area contributed by atoms with Crippen molar-refractivity contribution in [1.29, 1.82) is 0 Å². The maximum absolute atomic E-state index is 13.2. The van der Waals surface area contributed by atoms with E-state index < -0.39 is 51.0 Å². The molecule has 0 bridgehead atoms. The molecule has 17 heteroatoms. The minimum absolute atomic E-state index is 0.0827. The van der Waals surface area contributed by atoms with Gasteiger partial charge in [0.2, 0.25) is 0 Å². The molecule has 0 aliphatic rings. The van der Waals surface area contributed by atoms with Crippen LogP contribution in [0, 0.1) is 6.92 Å². The fourth-order valence-electron chi connectivity index (χ4n) is 3.96. The van der Waals surface area contributed by atoms with Crippen molar-refractivity contribution < 1.29 is 54.5 Å². The van der Waals surface area contributed by atoms with Crippen LogP contribution >= 0.6 is 11.3 Å². The minimum Gasteiger partial charge on any atom is -0.504 e. The van der Waals surface area contributed by atoms with Crippen molar-refractivity contribution in [1.82, 2.24) is 10.0 Å². The monoisotopic (exact) mass is 675 g/mol. The Morgan fingerprint density at radius 3 is 2.13 bits per heavy atom. The second-order valence-corrected chi connectivity index (χ2v) is 12.3. The summed E-state index contributed by atoms with van der Waals surface area (Å²) in [6.45, 7) is 1.02. The van der Waals surface area contributed by atoms with Crippen molar-refractivity contribution in [2.75, 3.05) is 18.4 Å². The SMILES string of the molecule is Cc1ccc(-c2ccsc2S(=O)(=O)NCCNC(=O)Nc2cc(C(F)(F)F)cc(C(F)(F)F)c2)c(Oc2ccc(O)c(O)c2)c1. The number of hydrogen-bond donors (Lipinski definition) is 5. The summed E-state index contributed by atoms with van der Waals surface area (Å²) in [7, 11) is -4.19. The molecule has 4 rings (SSSR count). The normalized spacial score (nSPS) is 12.2. The number of carbonyl (C=O) groups is 1. The van der Waals surface area contributed by atoms with Gasteiger partial charge in [0.1, 0.15) is 15.7 Å². The van der Waals surface area contributed by atoms with Crippen LogP contribution in [0.25, 0.3) is 11.1 Å². The fraction of sp³-hybridized carbons (Fsp3) is 0.179. The van der Waals surface area contributed by atoms with Crippen LogP contribution in [0.4, 0.5) is 36.8 Å². The zero-order chi connectivity index (χ0) is 33.2. The Morgan fingerprint density at radius 1 is 0.844 bits per heavy atom. The molecule has 1 heterocycles. The lowest BCUT2D eigenvalue weighted by atomic mass is 10.1. The van der Waals surface area contributed by atoms with E-state index in [1.165, 1.54) is 23.6 Å². The highest BCUT2D eigenvalue weighted by atomic mass is 32.2. The van der Waals surface area contributed by atoms with Crippen LogP contribution in [0.2, 0.25) is 0 Å². The van der Waals surface area contributed by atoms with Crippen molar-refractivity contribution in [2.24, 2.45) is 0 Å². The van der Waals surface area contributed by atoms with Crippen LogP contribution in [-0.4, -0.2) is 37.8 Å². The number of alkyl halides is 6. The average Bonchev–Trinajstić information content (AvgIpc) is 3.43. The molecule has 0 aliphatic heterocycles. The molecule has 2 amide bonds. The van der Waals surface area contributed by atoms with E-state index in [2.05, 4.69) is 10.0 Å². The molecule has 5 N–H and O–H groups in total. The molecule has 0 fully saturated rings. The highest BCUT2D eigenvalue weighted by Gasteiger charge is 2.37. The fourth-order valence-corrected chi connectivity index (χ4v) is 6.42. The van der Waals surface area contributed by atoms with Gasteiger partial charge < -0.3 is 25.6 Å².